The number of rotatable bonds is 7. The van der Waals surface area contributed by atoms with Crippen LogP contribution in [-0.4, -0.2) is 44.1 Å². The van der Waals surface area contributed by atoms with Crippen LogP contribution in [0.5, 0.6) is 5.75 Å². The number of halogens is 4. The van der Waals surface area contributed by atoms with Crippen molar-refractivity contribution in [1.29, 1.82) is 5.26 Å². The average Bonchev–Trinajstić information content (AvgIpc) is 3.52. The first-order valence-electron chi connectivity index (χ1n) is 14.5. The van der Waals surface area contributed by atoms with Gasteiger partial charge in [0.2, 0.25) is 0 Å². The number of carbonyl (C=O) groups is 1. The normalized spacial score (nSPS) is 16.3. The summed E-state index contributed by atoms with van der Waals surface area (Å²) in [6.07, 6.45) is -1.21. The third-order valence-corrected chi connectivity index (χ3v) is 8.21. The van der Waals surface area contributed by atoms with Gasteiger partial charge in [0.1, 0.15) is 24.0 Å². The lowest BCUT2D eigenvalue weighted by Gasteiger charge is -2.37. The number of urea groups is 1. The largest absolute Gasteiger partial charge is 0.573 e. The summed E-state index contributed by atoms with van der Waals surface area (Å²) in [6, 6.07) is 18.0. The Balaban J connectivity index is 1.28. The molecule has 0 saturated carbocycles. The predicted molar refractivity (Wildman–Crippen MR) is 173 cm³/mol. The molecule has 1 unspecified atom stereocenters. The van der Waals surface area contributed by atoms with Gasteiger partial charge in [0.05, 0.1) is 11.3 Å². The number of benzene rings is 3. The van der Waals surface area contributed by atoms with E-state index in [-0.39, 0.29) is 29.1 Å². The number of amides is 2. The molecule has 1 saturated heterocycles. The zero-order valence-electron chi connectivity index (χ0n) is 25.5. The van der Waals surface area contributed by atoms with Crippen LogP contribution < -0.4 is 15.0 Å². The highest BCUT2D eigenvalue weighted by Gasteiger charge is 2.31. The lowest BCUT2D eigenvalue weighted by molar-refractivity contribution is -0.274. The summed E-state index contributed by atoms with van der Waals surface area (Å²) in [5.41, 5.74) is 3.44. The third-order valence-electron chi connectivity index (χ3n) is 7.22. The van der Waals surface area contributed by atoms with Crippen LogP contribution >= 0.6 is 11.8 Å². The maximum absolute atomic E-state index is 14.1. The van der Waals surface area contributed by atoms with E-state index in [2.05, 4.69) is 31.2 Å². The molecular weight excluding hydrogens is 634 g/mol. The number of nitriles is 1. The van der Waals surface area contributed by atoms with E-state index in [1.165, 1.54) is 65.4 Å². The van der Waals surface area contributed by atoms with Crippen molar-refractivity contribution in [1.82, 2.24) is 20.1 Å². The molecule has 0 spiro atoms. The van der Waals surface area contributed by atoms with Crippen molar-refractivity contribution in [3.63, 3.8) is 0 Å². The number of thioether (sulfide) groups is 1. The Morgan fingerprint density at radius 2 is 1.87 bits per heavy atom. The van der Waals surface area contributed by atoms with E-state index in [0.717, 1.165) is 23.4 Å². The van der Waals surface area contributed by atoms with Gasteiger partial charge in [0, 0.05) is 29.2 Å². The first-order chi connectivity index (χ1) is 22.4. The molecule has 1 N–H and O–H groups in total. The number of nitrogens with one attached hydrogen (secondary N) is 1. The van der Waals surface area contributed by atoms with Gasteiger partial charge < -0.3 is 15.0 Å². The van der Waals surface area contributed by atoms with E-state index in [0.29, 0.717) is 27.8 Å². The highest BCUT2D eigenvalue weighted by Crippen LogP contribution is 2.35. The van der Waals surface area contributed by atoms with Crippen LogP contribution in [0.3, 0.4) is 0 Å². The summed E-state index contributed by atoms with van der Waals surface area (Å²) in [5, 5.41) is 17.3. The third kappa shape index (κ3) is 8.17. The second kappa shape index (κ2) is 14.1. The van der Waals surface area contributed by atoms with E-state index < -0.39 is 12.4 Å². The zero-order chi connectivity index (χ0) is 33.7. The fourth-order valence-corrected chi connectivity index (χ4v) is 6.10. The molecule has 3 aromatic carbocycles. The molecule has 2 heterocycles. The molecule has 9 nitrogen and oxygen atoms in total. The molecule has 1 aliphatic heterocycles. The van der Waals surface area contributed by atoms with Gasteiger partial charge in [0.15, 0.2) is 11.0 Å². The molecule has 1 aromatic heterocycles. The number of hydrogen-bond acceptors (Lipinski definition) is 6. The fraction of sp³-hybridized carbons (Fsp3) is 0.242. The molecular formula is C33H29F4N7O2S. The molecule has 1 aliphatic rings. The quantitative estimate of drug-likeness (QED) is 0.157. The molecule has 0 aliphatic carbocycles. The topological polar surface area (TPSA) is 108 Å². The van der Waals surface area contributed by atoms with Crippen molar-refractivity contribution in [3.8, 4) is 28.9 Å². The first-order valence-corrected chi connectivity index (χ1v) is 15.5. The maximum atomic E-state index is 14.1. The molecule has 14 heteroatoms. The summed E-state index contributed by atoms with van der Waals surface area (Å²) in [7, 11) is 0. The molecule has 47 heavy (non-hydrogen) atoms. The fourth-order valence-electron chi connectivity index (χ4n) is 4.89. The van der Waals surface area contributed by atoms with Crippen molar-refractivity contribution >= 4 is 34.2 Å². The lowest BCUT2D eigenvalue weighted by Crippen LogP contribution is -2.42. The minimum atomic E-state index is -4.78. The van der Waals surface area contributed by atoms with Crippen LogP contribution in [0.15, 0.2) is 84.2 Å². The highest BCUT2D eigenvalue weighted by molar-refractivity contribution is 8.14. The van der Waals surface area contributed by atoms with Gasteiger partial charge in [-0.1, -0.05) is 49.9 Å². The number of anilines is 1. The van der Waals surface area contributed by atoms with Gasteiger partial charge in [-0.2, -0.15) is 10.3 Å². The van der Waals surface area contributed by atoms with Crippen LogP contribution in [-0.2, 0) is 0 Å². The second-order valence-electron chi connectivity index (χ2n) is 10.9. The summed E-state index contributed by atoms with van der Waals surface area (Å²) >= 11 is 1.44. The summed E-state index contributed by atoms with van der Waals surface area (Å²) in [4.78, 5) is 23.5. The molecule has 5 rings (SSSR count). The van der Waals surface area contributed by atoms with Gasteiger partial charge in [-0.25, -0.2) is 18.9 Å². The van der Waals surface area contributed by atoms with Gasteiger partial charge in [-0.3, -0.25) is 0 Å². The Bertz CT molecular complexity index is 1850. The number of aromatic nitrogens is 3. The number of aliphatic imine (C=N–C) groups is 1. The molecule has 0 radical (unpaired) electrons. The van der Waals surface area contributed by atoms with Gasteiger partial charge >= 0.3 is 12.4 Å². The lowest BCUT2D eigenvalue weighted by atomic mass is 9.99. The predicted octanol–water partition coefficient (Wildman–Crippen LogP) is 8.06. The number of allylic oxidation sites excluding steroid dienone is 1. The van der Waals surface area contributed by atoms with E-state index in [4.69, 9.17) is 0 Å². The summed E-state index contributed by atoms with van der Waals surface area (Å²) < 4.78 is 56.7. The van der Waals surface area contributed by atoms with E-state index in [1.807, 2.05) is 25.7 Å². The molecule has 242 valence electrons. The SMILES string of the molecule is CC(C)c1cc(F)ccc1N1C(=NC(=O)N/C=C(\C#N)c2ccc(-c3ncn(-c4ccc(OC(F)(F)F)cc4)n3)cc2)SCCC1C. The highest BCUT2D eigenvalue weighted by atomic mass is 32.2. The molecule has 4 aromatic rings. The summed E-state index contributed by atoms with van der Waals surface area (Å²) in [5.74, 6) is 0.494. The van der Waals surface area contributed by atoms with Crippen molar-refractivity contribution < 1.29 is 27.1 Å². The number of carbonyl (C=O) groups excluding carboxylic acids is 1. The van der Waals surface area contributed by atoms with Gasteiger partial charge in [-0.15, -0.1) is 18.3 Å². The molecule has 2 amide bonds. The molecule has 0 bridgehead atoms. The standard InChI is InChI=1S/C33H29F4N7O2S/c1-20(2)28-16-25(34)8-13-29(28)44-21(3)14-15-47-32(44)41-31(45)39-18-24(17-38)22-4-6-23(7-5-22)30-40-19-43(42-30)26-9-11-27(12-10-26)46-33(35,36)37/h4-13,16,18-21H,14-15H2,1-3H3,(H,39,45)/b24-18+,41-32?. The minimum absolute atomic E-state index is 0.0359. The average molecular weight is 664 g/mol. The number of nitrogens with zero attached hydrogens (tertiary/aromatic N) is 6. The zero-order valence-corrected chi connectivity index (χ0v) is 26.3. The number of amidine groups is 1. The second-order valence-corrected chi connectivity index (χ2v) is 11.9. The molecule has 1 fully saturated rings. The monoisotopic (exact) mass is 663 g/mol. The van der Waals surface area contributed by atoms with Crippen molar-refractivity contribution in [2.24, 2.45) is 4.99 Å². The van der Waals surface area contributed by atoms with Crippen LogP contribution in [0.25, 0.3) is 22.6 Å². The number of alkyl halides is 3. The van der Waals surface area contributed by atoms with Crippen molar-refractivity contribution in [2.45, 2.75) is 45.5 Å². The van der Waals surface area contributed by atoms with Crippen LogP contribution in [0.1, 0.15) is 44.2 Å². The Morgan fingerprint density at radius 1 is 1.15 bits per heavy atom. The van der Waals surface area contributed by atoms with E-state index in [9.17, 15) is 27.6 Å². The van der Waals surface area contributed by atoms with Crippen molar-refractivity contribution in [3.05, 3.63) is 96.2 Å². The Hall–Kier alpha value is -5.16. The minimum Gasteiger partial charge on any atom is -0.406 e. The summed E-state index contributed by atoms with van der Waals surface area (Å²) in [6.45, 7) is 6.00. The maximum Gasteiger partial charge on any atom is 0.573 e. The Morgan fingerprint density at radius 3 is 2.53 bits per heavy atom. The van der Waals surface area contributed by atoms with E-state index in [1.54, 1.807) is 30.3 Å². The van der Waals surface area contributed by atoms with E-state index >= 15 is 0 Å². The van der Waals surface area contributed by atoms with Crippen LogP contribution in [0, 0.1) is 17.1 Å². The smallest absolute Gasteiger partial charge is 0.406 e. The van der Waals surface area contributed by atoms with Crippen LogP contribution in [0.2, 0.25) is 0 Å². The van der Waals surface area contributed by atoms with Gasteiger partial charge in [-0.05, 0) is 72.9 Å². The Kier molecular flexibility index (Phi) is 9.95. The van der Waals surface area contributed by atoms with Gasteiger partial charge in [0.25, 0.3) is 0 Å². The number of hydrogen-bond donors (Lipinski definition) is 1. The molecule has 1 atom stereocenters. The number of ether oxygens (including phenoxy) is 1. The first kappa shape index (κ1) is 33.2. The van der Waals surface area contributed by atoms with Crippen LogP contribution in [0.4, 0.5) is 28.0 Å². The van der Waals surface area contributed by atoms with Crippen molar-refractivity contribution in [2.75, 3.05) is 10.7 Å². The Labute approximate surface area is 272 Å².